The van der Waals surface area contributed by atoms with E-state index in [0.29, 0.717) is 0 Å². The van der Waals surface area contributed by atoms with Crippen LogP contribution in [-0.2, 0) is 25.2 Å². The fourth-order valence-electron chi connectivity index (χ4n) is 2.36. The largest absolute Gasteiger partial charge is 0.465 e. The lowest BCUT2D eigenvalue weighted by atomic mass is 9.83. The minimum absolute atomic E-state index is 0.0173. The van der Waals surface area contributed by atoms with Crippen LogP contribution in [0.15, 0.2) is 24.3 Å². The Balaban J connectivity index is 3.36. The van der Waals surface area contributed by atoms with Gasteiger partial charge in [-0.3, -0.25) is 9.59 Å². The number of hydrogen-bond acceptors (Lipinski definition) is 5. The summed E-state index contributed by atoms with van der Waals surface area (Å²) in [5, 5.41) is 9.02. The lowest BCUT2D eigenvalue weighted by molar-refractivity contribution is -0.162. The Morgan fingerprint density at radius 2 is 1.72 bits per heavy atom. The van der Waals surface area contributed by atoms with Gasteiger partial charge in [0, 0.05) is 12.3 Å². The van der Waals surface area contributed by atoms with Gasteiger partial charge in [0.2, 0.25) is 0 Å². The van der Waals surface area contributed by atoms with E-state index in [1.807, 2.05) is 0 Å². The predicted molar refractivity (Wildman–Crippen MR) is 81.2 cm³/mol. The monoisotopic (exact) mass is 357 g/mol. The third-order valence-electron chi connectivity index (χ3n) is 3.44. The summed E-state index contributed by atoms with van der Waals surface area (Å²) in [5.41, 5.74) is -0.887. The van der Waals surface area contributed by atoms with Crippen LogP contribution in [0.25, 0.3) is 0 Å². The molecule has 0 aliphatic heterocycles. The quantitative estimate of drug-likeness (QED) is 0.552. The van der Waals surface area contributed by atoms with Gasteiger partial charge < -0.3 is 9.47 Å². The van der Waals surface area contributed by atoms with Crippen molar-refractivity contribution in [1.82, 2.24) is 0 Å². The topological polar surface area (TPSA) is 76.4 Å². The highest BCUT2D eigenvalue weighted by atomic mass is 19.4. The number of carbonyl (C=O) groups excluding carboxylic acids is 2. The Bertz CT molecular complexity index is 634. The molecular weight excluding hydrogens is 339 g/mol. The van der Waals surface area contributed by atoms with E-state index in [1.165, 1.54) is 19.9 Å². The molecule has 5 nitrogen and oxygen atoms in total. The average Bonchev–Trinajstić information content (AvgIpc) is 2.54. The Morgan fingerprint density at radius 1 is 1.16 bits per heavy atom. The van der Waals surface area contributed by atoms with Crippen molar-refractivity contribution in [2.45, 2.75) is 32.4 Å². The molecule has 0 N–H and O–H groups in total. The Labute approximate surface area is 143 Å². The van der Waals surface area contributed by atoms with E-state index in [9.17, 15) is 22.8 Å². The van der Waals surface area contributed by atoms with Gasteiger partial charge in [-0.05, 0) is 25.5 Å². The Hall–Kier alpha value is -2.56. The van der Waals surface area contributed by atoms with E-state index in [-0.39, 0.29) is 25.2 Å². The van der Waals surface area contributed by atoms with Crippen molar-refractivity contribution in [3.63, 3.8) is 0 Å². The van der Waals surface area contributed by atoms with Crippen LogP contribution < -0.4 is 0 Å². The summed E-state index contributed by atoms with van der Waals surface area (Å²) in [6.45, 7) is 3.03. The molecule has 1 rings (SSSR count). The molecule has 1 unspecified atom stereocenters. The van der Waals surface area contributed by atoms with E-state index in [2.05, 4.69) is 0 Å². The van der Waals surface area contributed by atoms with Crippen LogP contribution in [0.3, 0.4) is 0 Å². The van der Waals surface area contributed by atoms with Crippen molar-refractivity contribution in [3.8, 4) is 6.07 Å². The van der Waals surface area contributed by atoms with Crippen molar-refractivity contribution >= 4 is 11.9 Å². The van der Waals surface area contributed by atoms with Crippen LogP contribution in [0, 0.1) is 17.2 Å². The van der Waals surface area contributed by atoms with Crippen molar-refractivity contribution < 1.29 is 32.2 Å². The van der Waals surface area contributed by atoms with Crippen molar-refractivity contribution in [2.24, 2.45) is 5.92 Å². The molecule has 1 aromatic carbocycles. The van der Waals surface area contributed by atoms with Gasteiger partial charge >= 0.3 is 18.1 Å². The number of nitrogens with zero attached hydrogens (tertiary/aromatic N) is 1. The molecule has 0 saturated carbocycles. The van der Waals surface area contributed by atoms with Gasteiger partial charge in [-0.2, -0.15) is 18.4 Å². The summed E-state index contributed by atoms with van der Waals surface area (Å²) in [7, 11) is 0. The van der Waals surface area contributed by atoms with E-state index in [4.69, 9.17) is 14.7 Å². The summed E-state index contributed by atoms with van der Waals surface area (Å²) in [5.74, 6) is -4.48. The standard InChI is InChI=1S/C17H18F3NO4/c1-3-24-15(22)14(16(23)25-4-2)13(8-9-21)11-6-5-7-12(10-11)17(18,19)20/h5-7,10,13-14H,3-4,8H2,1-2H3. The highest BCUT2D eigenvalue weighted by Gasteiger charge is 2.39. The maximum absolute atomic E-state index is 12.9. The zero-order valence-corrected chi connectivity index (χ0v) is 13.8. The van der Waals surface area contributed by atoms with Crippen molar-refractivity contribution in [2.75, 3.05) is 13.2 Å². The third-order valence-corrected chi connectivity index (χ3v) is 3.44. The fourth-order valence-corrected chi connectivity index (χ4v) is 2.36. The molecule has 0 amide bonds. The average molecular weight is 357 g/mol. The molecule has 1 aromatic rings. The molecule has 25 heavy (non-hydrogen) atoms. The first-order chi connectivity index (χ1) is 11.8. The van der Waals surface area contributed by atoms with Crippen LogP contribution >= 0.6 is 0 Å². The van der Waals surface area contributed by atoms with Crippen LogP contribution in [0.5, 0.6) is 0 Å². The molecule has 0 fully saturated rings. The van der Waals surface area contributed by atoms with Crippen LogP contribution in [0.1, 0.15) is 37.3 Å². The van der Waals surface area contributed by atoms with Gasteiger partial charge in [0.1, 0.15) is 0 Å². The van der Waals surface area contributed by atoms with Gasteiger partial charge in [0.25, 0.3) is 0 Å². The van der Waals surface area contributed by atoms with Gasteiger partial charge in [0.05, 0.1) is 24.8 Å². The normalized spacial score (nSPS) is 12.4. The zero-order valence-electron chi connectivity index (χ0n) is 13.8. The van der Waals surface area contributed by atoms with Gasteiger partial charge in [-0.15, -0.1) is 0 Å². The molecule has 0 bridgehead atoms. The lowest BCUT2D eigenvalue weighted by Gasteiger charge is -2.23. The smallest absolute Gasteiger partial charge is 0.416 e. The molecule has 0 aromatic heterocycles. The first-order valence-corrected chi connectivity index (χ1v) is 7.63. The fraction of sp³-hybridized carbons (Fsp3) is 0.471. The summed E-state index contributed by atoms with van der Waals surface area (Å²) >= 11 is 0. The minimum Gasteiger partial charge on any atom is -0.465 e. The molecule has 8 heteroatoms. The van der Waals surface area contributed by atoms with Crippen LogP contribution in [0.2, 0.25) is 0 Å². The number of alkyl halides is 3. The second-order valence-corrected chi connectivity index (χ2v) is 5.07. The SMILES string of the molecule is CCOC(=O)C(C(=O)OCC)C(CC#N)c1cccc(C(F)(F)F)c1. The number of hydrogen-bond donors (Lipinski definition) is 0. The highest BCUT2D eigenvalue weighted by molar-refractivity contribution is 5.96. The van der Waals surface area contributed by atoms with Crippen LogP contribution in [0.4, 0.5) is 13.2 Å². The van der Waals surface area contributed by atoms with Crippen LogP contribution in [-0.4, -0.2) is 25.2 Å². The molecule has 0 radical (unpaired) electrons. The third kappa shape index (κ3) is 5.48. The number of ether oxygens (including phenoxy) is 2. The van der Waals surface area contributed by atoms with Crippen molar-refractivity contribution in [3.05, 3.63) is 35.4 Å². The first-order valence-electron chi connectivity index (χ1n) is 7.63. The van der Waals surface area contributed by atoms with Gasteiger partial charge in [-0.25, -0.2) is 0 Å². The molecule has 0 aliphatic carbocycles. The lowest BCUT2D eigenvalue weighted by Crippen LogP contribution is -2.33. The molecule has 0 aliphatic rings. The predicted octanol–water partition coefficient (Wildman–Crippen LogP) is 3.45. The number of esters is 2. The second kappa shape index (κ2) is 9.06. The first kappa shape index (κ1) is 20.5. The highest BCUT2D eigenvalue weighted by Crippen LogP contribution is 2.35. The molecular formula is C17H18F3NO4. The Morgan fingerprint density at radius 3 is 2.16 bits per heavy atom. The van der Waals surface area contributed by atoms with E-state index in [0.717, 1.165) is 18.2 Å². The Kier molecular flexibility index (Phi) is 7.43. The molecule has 0 heterocycles. The number of benzene rings is 1. The molecule has 1 atom stereocenters. The summed E-state index contributed by atoms with van der Waals surface area (Å²) in [6, 6.07) is 6.00. The number of carbonyl (C=O) groups is 2. The maximum Gasteiger partial charge on any atom is 0.416 e. The number of nitriles is 1. The van der Waals surface area contributed by atoms with Crippen molar-refractivity contribution in [1.29, 1.82) is 5.26 Å². The zero-order chi connectivity index (χ0) is 19.0. The van der Waals surface area contributed by atoms with E-state index >= 15 is 0 Å². The molecule has 0 saturated heterocycles. The van der Waals surface area contributed by atoms with Gasteiger partial charge in [-0.1, -0.05) is 18.2 Å². The maximum atomic E-state index is 12.9. The minimum atomic E-state index is -4.59. The molecule has 0 spiro atoms. The number of halogens is 3. The van der Waals surface area contributed by atoms with Gasteiger partial charge in [0.15, 0.2) is 5.92 Å². The van der Waals surface area contributed by atoms with E-state index < -0.39 is 35.5 Å². The summed E-state index contributed by atoms with van der Waals surface area (Å²) in [4.78, 5) is 24.4. The molecule has 136 valence electrons. The number of rotatable bonds is 7. The summed E-state index contributed by atoms with van der Waals surface area (Å²) in [6.07, 6.45) is -4.93. The van der Waals surface area contributed by atoms with E-state index in [1.54, 1.807) is 6.07 Å². The summed E-state index contributed by atoms with van der Waals surface area (Å²) < 4.78 is 48.5. The second-order valence-electron chi connectivity index (χ2n) is 5.07.